The minimum atomic E-state index is -0.340. The van der Waals surface area contributed by atoms with Crippen molar-refractivity contribution in [3.05, 3.63) is 64.7 Å². The zero-order valence-corrected chi connectivity index (χ0v) is 15.1. The van der Waals surface area contributed by atoms with Gasteiger partial charge < -0.3 is 14.7 Å². The van der Waals surface area contributed by atoms with Gasteiger partial charge in [-0.2, -0.15) is 0 Å². The van der Waals surface area contributed by atoms with Gasteiger partial charge in [0, 0.05) is 18.7 Å². The molecule has 0 aliphatic carbocycles. The molecule has 4 rings (SSSR count). The molecule has 0 amide bonds. The third-order valence-electron chi connectivity index (χ3n) is 5.19. The van der Waals surface area contributed by atoms with Gasteiger partial charge in [-0.15, -0.1) is 0 Å². The van der Waals surface area contributed by atoms with Crippen LogP contribution in [0.2, 0.25) is 0 Å². The maximum absolute atomic E-state index is 13.1. The molecule has 2 heterocycles. The number of likely N-dealkylation sites (N-methyl/N-ethyl adjacent to an activating group) is 1. The highest BCUT2D eigenvalue weighted by Crippen LogP contribution is 2.38. The van der Waals surface area contributed by atoms with E-state index in [1.54, 1.807) is 18.2 Å². The van der Waals surface area contributed by atoms with Crippen molar-refractivity contribution in [3.63, 3.8) is 0 Å². The number of fused-ring (bicyclic) bond motifs is 1. The lowest BCUT2D eigenvalue weighted by molar-refractivity contribution is -0.918. The SMILES string of the molecule is CN1CC[NH+](Cc2c([O-])ccc3c2O/C(=C\c2ccc(F)cc2)C3=O)CC1. The van der Waals surface area contributed by atoms with Crippen LogP contribution in [0.5, 0.6) is 11.5 Å². The van der Waals surface area contributed by atoms with Crippen molar-refractivity contribution < 1.29 is 23.9 Å². The van der Waals surface area contributed by atoms with Gasteiger partial charge in [-0.1, -0.05) is 23.9 Å². The summed E-state index contributed by atoms with van der Waals surface area (Å²) in [4.78, 5) is 16.3. The number of hydrogen-bond donors (Lipinski definition) is 1. The number of benzene rings is 2. The van der Waals surface area contributed by atoms with Crippen molar-refractivity contribution in [1.29, 1.82) is 0 Å². The third-order valence-corrected chi connectivity index (χ3v) is 5.19. The molecule has 2 aliphatic rings. The van der Waals surface area contributed by atoms with Gasteiger partial charge in [-0.25, -0.2) is 4.39 Å². The van der Waals surface area contributed by atoms with Crippen molar-refractivity contribution in [2.75, 3.05) is 33.2 Å². The molecule has 0 aromatic heterocycles. The number of Topliss-reactive ketones (excluding diaryl/α,β-unsaturated/α-hetero) is 1. The maximum Gasteiger partial charge on any atom is 0.231 e. The molecule has 0 radical (unpaired) electrons. The smallest absolute Gasteiger partial charge is 0.231 e. The van der Waals surface area contributed by atoms with Crippen molar-refractivity contribution in [1.82, 2.24) is 4.90 Å². The van der Waals surface area contributed by atoms with E-state index in [-0.39, 0.29) is 23.1 Å². The Hall–Kier alpha value is -2.70. The first-order valence-corrected chi connectivity index (χ1v) is 9.06. The average Bonchev–Trinajstić information content (AvgIpc) is 2.97. The topological polar surface area (TPSA) is 57.0 Å². The Balaban J connectivity index is 1.61. The molecule has 1 fully saturated rings. The number of rotatable bonds is 3. The van der Waals surface area contributed by atoms with E-state index in [1.165, 1.54) is 29.2 Å². The minimum Gasteiger partial charge on any atom is -0.872 e. The first kappa shape index (κ1) is 17.7. The number of allylic oxidation sites excluding steroid dienone is 1. The molecule has 5 nitrogen and oxygen atoms in total. The molecule has 1 saturated heterocycles. The Morgan fingerprint density at radius 1 is 1.19 bits per heavy atom. The molecule has 0 bridgehead atoms. The van der Waals surface area contributed by atoms with Crippen LogP contribution in [-0.4, -0.2) is 43.9 Å². The Bertz CT molecular complexity index is 900. The highest BCUT2D eigenvalue weighted by molar-refractivity contribution is 6.14. The van der Waals surface area contributed by atoms with Gasteiger partial charge >= 0.3 is 0 Å². The Labute approximate surface area is 157 Å². The highest BCUT2D eigenvalue weighted by Gasteiger charge is 2.31. The number of ketones is 1. The lowest BCUT2D eigenvalue weighted by atomic mass is 10.0. The maximum atomic E-state index is 13.1. The fourth-order valence-corrected chi connectivity index (χ4v) is 3.53. The molecule has 0 spiro atoms. The Morgan fingerprint density at radius 2 is 1.89 bits per heavy atom. The summed E-state index contributed by atoms with van der Waals surface area (Å²) in [6, 6.07) is 8.81. The quantitative estimate of drug-likeness (QED) is 0.816. The van der Waals surface area contributed by atoms with Crippen molar-refractivity contribution >= 4 is 11.9 Å². The molecule has 27 heavy (non-hydrogen) atoms. The van der Waals surface area contributed by atoms with E-state index in [4.69, 9.17) is 4.74 Å². The molecule has 140 valence electrons. The molecule has 2 aliphatic heterocycles. The molecular formula is C21H21FN2O3. The van der Waals surface area contributed by atoms with Crippen LogP contribution in [0.15, 0.2) is 42.2 Å². The van der Waals surface area contributed by atoms with Gasteiger partial charge in [0.05, 0.1) is 18.7 Å². The monoisotopic (exact) mass is 368 g/mol. The van der Waals surface area contributed by atoms with E-state index in [1.807, 2.05) is 0 Å². The van der Waals surface area contributed by atoms with Gasteiger partial charge in [0.15, 0.2) is 5.76 Å². The second-order valence-corrected chi connectivity index (χ2v) is 7.14. The summed E-state index contributed by atoms with van der Waals surface area (Å²) in [6.07, 6.45) is 1.58. The molecule has 2 aromatic carbocycles. The van der Waals surface area contributed by atoms with Crippen LogP contribution in [0.25, 0.3) is 6.08 Å². The number of ether oxygens (including phenoxy) is 1. The summed E-state index contributed by atoms with van der Waals surface area (Å²) < 4.78 is 18.9. The second kappa shape index (κ2) is 7.13. The minimum absolute atomic E-state index is 0.101. The van der Waals surface area contributed by atoms with Gasteiger partial charge in [-0.3, -0.25) is 9.69 Å². The number of carbonyl (C=O) groups is 1. The van der Waals surface area contributed by atoms with E-state index in [9.17, 15) is 14.3 Å². The molecule has 0 saturated carbocycles. The molecule has 6 heteroatoms. The fraction of sp³-hybridized carbons (Fsp3) is 0.286. The van der Waals surface area contributed by atoms with Crippen molar-refractivity contribution in [3.8, 4) is 11.5 Å². The summed E-state index contributed by atoms with van der Waals surface area (Å²) in [5.41, 5.74) is 1.65. The highest BCUT2D eigenvalue weighted by atomic mass is 19.1. The summed E-state index contributed by atoms with van der Waals surface area (Å²) in [5, 5.41) is 12.4. The first-order chi connectivity index (χ1) is 13.0. The number of piperazine rings is 1. The number of halogens is 1. The van der Waals surface area contributed by atoms with Crippen LogP contribution >= 0.6 is 0 Å². The first-order valence-electron chi connectivity index (χ1n) is 9.06. The van der Waals surface area contributed by atoms with Crippen LogP contribution in [0.4, 0.5) is 4.39 Å². The third kappa shape index (κ3) is 3.59. The lowest BCUT2D eigenvalue weighted by Crippen LogP contribution is -3.13. The largest absolute Gasteiger partial charge is 0.872 e. The summed E-state index contributed by atoms with van der Waals surface area (Å²) >= 11 is 0. The van der Waals surface area contributed by atoms with E-state index in [0.717, 1.165) is 26.2 Å². The zero-order valence-electron chi connectivity index (χ0n) is 15.1. The van der Waals surface area contributed by atoms with Crippen LogP contribution in [0.3, 0.4) is 0 Å². The normalized spacial score (nSPS) is 19.3. The van der Waals surface area contributed by atoms with E-state index >= 15 is 0 Å². The standard InChI is InChI=1S/C21H21FN2O3/c1-23-8-10-24(11-9-23)13-17-18(25)7-6-16-20(26)19(27-21(16)17)12-14-2-4-15(22)5-3-14/h2-7,12,25H,8-11,13H2,1H3/b19-12-. The van der Waals surface area contributed by atoms with E-state index in [0.29, 0.717) is 29.0 Å². The van der Waals surface area contributed by atoms with E-state index < -0.39 is 0 Å². The Kier molecular flexibility index (Phi) is 4.68. The number of nitrogens with zero attached hydrogens (tertiary/aromatic N) is 1. The van der Waals surface area contributed by atoms with E-state index in [2.05, 4.69) is 11.9 Å². The number of hydrogen-bond acceptors (Lipinski definition) is 4. The second-order valence-electron chi connectivity index (χ2n) is 7.14. The van der Waals surface area contributed by atoms with Gasteiger partial charge in [0.2, 0.25) is 5.78 Å². The Morgan fingerprint density at radius 3 is 2.59 bits per heavy atom. The fourth-order valence-electron chi connectivity index (χ4n) is 3.53. The van der Waals surface area contributed by atoms with Gasteiger partial charge in [0.25, 0.3) is 0 Å². The van der Waals surface area contributed by atoms with Gasteiger partial charge in [0.1, 0.15) is 18.1 Å². The number of nitrogens with one attached hydrogen (secondary N) is 1. The van der Waals surface area contributed by atoms with Crippen LogP contribution in [0, 0.1) is 5.82 Å². The van der Waals surface area contributed by atoms with Crippen molar-refractivity contribution in [2.45, 2.75) is 6.54 Å². The van der Waals surface area contributed by atoms with Crippen LogP contribution < -0.4 is 14.7 Å². The number of quaternary nitrogens is 1. The van der Waals surface area contributed by atoms with Crippen molar-refractivity contribution in [2.24, 2.45) is 0 Å². The summed E-state index contributed by atoms with van der Waals surface area (Å²) in [5.74, 6) is -0.142. The number of carbonyl (C=O) groups excluding carboxylic acids is 1. The predicted octanol–water partition coefficient (Wildman–Crippen LogP) is 0.846. The summed E-state index contributed by atoms with van der Waals surface area (Å²) in [7, 11) is 2.09. The molecular weight excluding hydrogens is 347 g/mol. The van der Waals surface area contributed by atoms with Gasteiger partial charge in [-0.05, 0) is 36.9 Å². The van der Waals surface area contributed by atoms with Crippen LogP contribution in [0.1, 0.15) is 21.5 Å². The molecule has 1 N–H and O–H groups in total. The zero-order chi connectivity index (χ0) is 19.0. The predicted molar refractivity (Wildman–Crippen MR) is 97.1 cm³/mol. The molecule has 2 aromatic rings. The lowest BCUT2D eigenvalue weighted by Gasteiger charge is -2.30. The average molecular weight is 368 g/mol. The summed E-state index contributed by atoms with van der Waals surface area (Å²) in [6.45, 7) is 4.41. The molecule has 0 atom stereocenters. The molecule has 0 unspecified atom stereocenters. The van der Waals surface area contributed by atoms with Crippen LogP contribution in [-0.2, 0) is 6.54 Å².